The first-order valence-corrected chi connectivity index (χ1v) is 9.08. The molecule has 1 aromatic carbocycles. The van der Waals surface area contributed by atoms with Gasteiger partial charge in [-0.2, -0.15) is 5.10 Å². The normalized spacial score (nSPS) is 19.3. The first-order valence-electron chi connectivity index (χ1n) is 9.08. The van der Waals surface area contributed by atoms with Crippen molar-refractivity contribution in [3.8, 4) is 0 Å². The Kier molecular flexibility index (Phi) is 4.40. The molecule has 3 N–H and O–H groups in total. The number of aliphatic hydroxyl groups excluding tert-OH is 1. The van der Waals surface area contributed by atoms with E-state index in [0.29, 0.717) is 11.5 Å². The number of hydrazone groups is 1. The molecule has 1 aliphatic heterocycles. The van der Waals surface area contributed by atoms with Gasteiger partial charge in [0, 0.05) is 34.7 Å². The topological polar surface area (TPSA) is 77.5 Å². The smallest absolute Gasteiger partial charge is 0.273 e. The lowest BCUT2D eigenvalue weighted by atomic mass is 9.79. The molecule has 0 bridgehead atoms. The van der Waals surface area contributed by atoms with E-state index in [0.717, 1.165) is 60.0 Å². The van der Waals surface area contributed by atoms with E-state index >= 15 is 0 Å². The number of rotatable bonds is 6. The number of nitrogens with zero attached hydrogens (tertiary/aromatic N) is 1. The van der Waals surface area contributed by atoms with Gasteiger partial charge in [0.25, 0.3) is 5.91 Å². The van der Waals surface area contributed by atoms with Crippen LogP contribution < -0.4 is 5.43 Å². The number of para-hydroxylation sites is 1. The van der Waals surface area contributed by atoms with Gasteiger partial charge in [-0.05, 0) is 44.2 Å². The molecule has 2 heterocycles. The second-order valence-electron chi connectivity index (χ2n) is 6.87. The Morgan fingerprint density at radius 3 is 2.84 bits per heavy atom. The van der Waals surface area contributed by atoms with Crippen LogP contribution in [0.25, 0.3) is 17.0 Å². The molecule has 0 saturated heterocycles. The van der Waals surface area contributed by atoms with Crippen molar-refractivity contribution >= 4 is 28.6 Å². The zero-order chi connectivity index (χ0) is 17.2. The average Bonchev–Trinajstić information content (AvgIpc) is 3.09. The molecule has 130 valence electrons. The summed E-state index contributed by atoms with van der Waals surface area (Å²) in [5, 5.41) is 14.5. The van der Waals surface area contributed by atoms with Gasteiger partial charge < -0.3 is 10.1 Å². The summed E-state index contributed by atoms with van der Waals surface area (Å²) in [4.78, 5) is 15.8. The Hall–Kier alpha value is -2.40. The number of fused-ring (bicyclic) bond motifs is 1. The predicted molar refractivity (Wildman–Crippen MR) is 99.2 cm³/mol. The van der Waals surface area contributed by atoms with Crippen LogP contribution in [0.5, 0.6) is 0 Å². The molecule has 0 unspecified atom stereocenters. The lowest BCUT2D eigenvalue weighted by molar-refractivity contribution is -0.116. The van der Waals surface area contributed by atoms with Crippen molar-refractivity contribution in [2.24, 2.45) is 11.0 Å². The van der Waals surface area contributed by atoms with Crippen molar-refractivity contribution in [1.82, 2.24) is 10.4 Å². The second-order valence-corrected chi connectivity index (χ2v) is 6.87. The van der Waals surface area contributed by atoms with Crippen molar-refractivity contribution in [2.45, 2.75) is 38.5 Å². The molecule has 5 heteroatoms. The minimum absolute atomic E-state index is 0.103. The molecule has 1 aromatic heterocycles. The number of benzene rings is 1. The number of carbonyl (C=O) groups is 1. The maximum Gasteiger partial charge on any atom is 0.273 e. The van der Waals surface area contributed by atoms with E-state index in [9.17, 15) is 4.79 Å². The van der Waals surface area contributed by atoms with Crippen molar-refractivity contribution < 1.29 is 9.90 Å². The van der Waals surface area contributed by atoms with Gasteiger partial charge in [-0.15, -0.1) is 0 Å². The largest absolute Gasteiger partial charge is 0.396 e. The molecule has 1 aliphatic carbocycles. The maximum absolute atomic E-state index is 12.3. The highest BCUT2D eigenvalue weighted by Crippen LogP contribution is 2.34. The standard InChI is InChI=1S/C20H23N3O2/c24-11-4-3-10-18-15(14-8-1-2-9-17(14)21-18)12-16-19(13-6-5-7-13)22-23-20(16)25/h1-2,8-9,12-13,21,24H,3-7,10-11H2,(H,23,25). The van der Waals surface area contributed by atoms with Gasteiger partial charge in [-0.3, -0.25) is 4.79 Å². The zero-order valence-electron chi connectivity index (χ0n) is 14.2. The number of unbranched alkanes of at least 4 members (excludes halogenated alkanes) is 1. The summed E-state index contributed by atoms with van der Waals surface area (Å²) in [5.74, 6) is 0.307. The SMILES string of the molecule is O=C1NN=C(C2CCC2)C1=Cc1c(CCCCO)[nH]c2ccccc12. The van der Waals surface area contributed by atoms with E-state index in [1.54, 1.807) is 0 Å². The Labute approximate surface area is 146 Å². The summed E-state index contributed by atoms with van der Waals surface area (Å²) in [5.41, 5.74) is 7.54. The van der Waals surface area contributed by atoms with Crippen LogP contribution in [-0.2, 0) is 11.2 Å². The summed E-state index contributed by atoms with van der Waals surface area (Å²) in [7, 11) is 0. The van der Waals surface area contributed by atoms with Gasteiger partial charge in [-0.25, -0.2) is 5.43 Å². The fourth-order valence-electron chi connectivity index (χ4n) is 3.62. The van der Waals surface area contributed by atoms with E-state index < -0.39 is 0 Å². The molecule has 4 rings (SSSR count). The summed E-state index contributed by atoms with van der Waals surface area (Å²) < 4.78 is 0. The maximum atomic E-state index is 12.3. The van der Waals surface area contributed by atoms with Crippen LogP contribution >= 0.6 is 0 Å². The number of nitrogens with one attached hydrogen (secondary N) is 2. The van der Waals surface area contributed by atoms with Crippen LogP contribution in [0.4, 0.5) is 0 Å². The summed E-state index contributed by atoms with van der Waals surface area (Å²) in [6, 6.07) is 8.17. The molecule has 1 saturated carbocycles. The number of hydrogen-bond acceptors (Lipinski definition) is 3. The fourth-order valence-corrected chi connectivity index (χ4v) is 3.62. The molecule has 0 atom stereocenters. The highest BCUT2D eigenvalue weighted by atomic mass is 16.2. The van der Waals surface area contributed by atoms with Crippen LogP contribution in [0.3, 0.4) is 0 Å². The second kappa shape index (κ2) is 6.84. The molecule has 1 amide bonds. The van der Waals surface area contributed by atoms with Crippen LogP contribution in [0.15, 0.2) is 34.9 Å². The highest BCUT2D eigenvalue weighted by molar-refractivity contribution is 6.28. The van der Waals surface area contributed by atoms with Crippen LogP contribution in [0.2, 0.25) is 0 Å². The summed E-state index contributed by atoms with van der Waals surface area (Å²) in [6.07, 6.45) is 7.99. The van der Waals surface area contributed by atoms with Gasteiger partial charge in [0.1, 0.15) is 0 Å². The van der Waals surface area contributed by atoms with Crippen LogP contribution in [-0.4, -0.2) is 28.3 Å². The molecule has 2 aliphatic rings. The van der Waals surface area contributed by atoms with Crippen LogP contribution in [0.1, 0.15) is 43.4 Å². The van der Waals surface area contributed by atoms with Crippen molar-refractivity contribution in [2.75, 3.05) is 6.61 Å². The van der Waals surface area contributed by atoms with E-state index in [4.69, 9.17) is 5.11 Å². The van der Waals surface area contributed by atoms with Gasteiger partial charge in [-0.1, -0.05) is 24.6 Å². The fraction of sp³-hybridized carbons (Fsp3) is 0.400. The minimum Gasteiger partial charge on any atom is -0.396 e. The number of amides is 1. The highest BCUT2D eigenvalue weighted by Gasteiger charge is 2.33. The third-order valence-electron chi connectivity index (χ3n) is 5.24. The molecule has 0 spiro atoms. The Morgan fingerprint density at radius 1 is 1.24 bits per heavy atom. The van der Waals surface area contributed by atoms with Gasteiger partial charge in [0.2, 0.25) is 0 Å². The van der Waals surface area contributed by atoms with Crippen molar-refractivity contribution in [1.29, 1.82) is 0 Å². The number of aryl methyl sites for hydroxylation is 1. The minimum atomic E-state index is -0.103. The van der Waals surface area contributed by atoms with E-state index in [1.807, 2.05) is 18.2 Å². The summed E-state index contributed by atoms with van der Waals surface area (Å²) in [6.45, 7) is 0.206. The molecule has 0 radical (unpaired) electrons. The Balaban J connectivity index is 1.75. The van der Waals surface area contributed by atoms with Crippen LogP contribution in [0, 0.1) is 5.92 Å². The van der Waals surface area contributed by atoms with E-state index in [1.165, 1.54) is 6.42 Å². The molecule has 2 aromatic rings. The average molecular weight is 337 g/mol. The quantitative estimate of drug-likeness (QED) is 0.559. The predicted octanol–water partition coefficient (Wildman–Crippen LogP) is 3.15. The van der Waals surface area contributed by atoms with Crippen molar-refractivity contribution in [3.05, 3.63) is 41.1 Å². The number of hydrogen-bond donors (Lipinski definition) is 3. The third-order valence-corrected chi connectivity index (χ3v) is 5.24. The lowest BCUT2D eigenvalue weighted by Gasteiger charge is -2.25. The van der Waals surface area contributed by atoms with Gasteiger partial charge >= 0.3 is 0 Å². The molecular weight excluding hydrogens is 314 g/mol. The molecule has 1 fully saturated rings. The number of aromatic nitrogens is 1. The van der Waals surface area contributed by atoms with E-state index in [2.05, 4.69) is 27.6 Å². The Morgan fingerprint density at radius 2 is 2.08 bits per heavy atom. The first kappa shape index (κ1) is 16.1. The molecule has 5 nitrogen and oxygen atoms in total. The molecular formula is C20H23N3O2. The number of aliphatic hydroxyl groups is 1. The van der Waals surface area contributed by atoms with Gasteiger partial charge in [0.15, 0.2) is 0 Å². The van der Waals surface area contributed by atoms with Gasteiger partial charge in [0.05, 0.1) is 11.3 Å². The van der Waals surface area contributed by atoms with Crippen molar-refractivity contribution in [3.63, 3.8) is 0 Å². The third kappa shape index (κ3) is 3.00. The first-order chi connectivity index (χ1) is 12.3. The molecule has 25 heavy (non-hydrogen) atoms. The Bertz CT molecular complexity index is 859. The number of H-pyrrole nitrogens is 1. The van der Waals surface area contributed by atoms with E-state index in [-0.39, 0.29) is 12.5 Å². The lowest BCUT2D eigenvalue weighted by Crippen LogP contribution is -2.23. The summed E-state index contributed by atoms with van der Waals surface area (Å²) >= 11 is 0. The number of carbonyl (C=O) groups excluding carboxylic acids is 1. The monoisotopic (exact) mass is 337 g/mol. The zero-order valence-corrected chi connectivity index (χ0v) is 14.2. The number of aromatic amines is 1.